The van der Waals surface area contributed by atoms with Crippen LogP contribution in [0.3, 0.4) is 0 Å². The van der Waals surface area contributed by atoms with Crippen LogP contribution in [-0.4, -0.2) is 41.4 Å². The first-order valence-electron chi connectivity index (χ1n) is 8.72. The molecule has 0 saturated heterocycles. The molecule has 2 aromatic carbocycles. The highest BCUT2D eigenvalue weighted by atomic mass is 16.6. The molecule has 1 amide bonds. The second-order valence-corrected chi connectivity index (χ2v) is 6.15. The number of benzene rings is 2. The fourth-order valence-corrected chi connectivity index (χ4v) is 2.79. The Morgan fingerprint density at radius 1 is 1.14 bits per heavy atom. The van der Waals surface area contributed by atoms with Crippen molar-refractivity contribution in [2.75, 3.05) is 20.8 Å². The molecule has 29 heavy (non-hydrogen) atoms. The minimum atomic E-state index is -0.666. The van der Waals surface area contributed by atoms with Gasteiger partial charge < -0.3 is 14.4 Å². The van der Waals surface area contributed by atoms with Crippen LogP contribution in [0.15, 0.2) is 36.4 Å². The fraction of sp³-hybridized carbons (Fsp3) is 0.316. The lowest BCUT2D eigenvalue weighted by Crippen LogP contribution is -2.30. The topological polar surface area (TPSA) is 125 Å². The van der Waals surface area contributed by atoms with Crippen LogP contribution in [0.4, 0.5) is 11.4 Å². The van der Waals surface area contributed by atoms with Crippen molar-refractivity contribution in [3.05, 3.63) is 67.8 Å². The van der Waals surface area contributed by atoms with E-state index in [0.29, 0.717) is 5.56 Å². The molecule has 0 bridgehead atoms. The predicted molar refractivity (Wildman–Crippen MR) is 104 cm³/mol. The van der Waals surface area contributed by atoms with Gasteiger partial charge in [-0.25, -0.2) is 0 Å². The molecule has 10 heteroatoms. The van der Waals surface area contributed by atoms with Gasteiger partial charge in [-0.15, -0.1) is 0 Å². The SMILES string of the molecule is CCOc1cc([N+](=O)[O-])c(C(=O)N(C)C(C)c2cccc([N+](=O)[O-])c2)cc1OC. The van der Waals surface area contributed by atoms with Gasteiger partial charge in [0, 0.05) is 25.2 Å². The van der Waals surface area contributed by atoms with Crippen molar-refractivity contribution in [2.24, 2.45) is 0 Å². The number of hydrogen-bond donors (Lipinski definition) is 0. The van der Waals surface area contributed by atoms with Crippen LogP contribution in [0.25, 0.3) is 0 Å². The zero-order valence-corrected chi connectivity index (χ0v) is 16.4. The first-order valence-corrected chi connectivity index (χ1v) is 8.72. The smallest absolute Gasteiger partial charge is 0.286 e. The van der Waals surface area contributed by atoms with E-state index in [4.69, 9.17) is 9.47 Å². The summed E-state index contributed by atoms with van der Waals surface area (Å²) in [4.78, 5) is 35.6. The van der Waals surface area contributed by atoms with Gasteiger partial charge in [-0.3, -0.25) is 25.0 Å². The van der Waals surface area contributed by atoms with Crippen molar-refractivity contribution < 1.29 is 24.1 Å². The van der Waals surface area contributed by atoms with E-state index in [1.165, 1.54) is 43.3 Å². The van der Waals surface area contributed by atoms with Gasteiger partial charge in [0.1, 0.15) is 5.56 Å². The zero-order chi connectivity index (χ0) is 21.7. The van der Waals surface area contributed by atoms with E-state index in [1.807, 2.05) is 0 Å². The summed E-state index contributed by atoms with van der Waals surface area (Å²) in [5.74, 6) is -0.276. The average molecular weight is 403 g/mol. The molecule has 154 valence electrons. The number of nitro benzene ring substituents is 2. The van der Waals surface area contributed by atoms with Crippen molar-refractivity contribution in [3.63, 3.8) is 0 Å². The standard InChI is InChI=1S/C19H21N3O7/c1-5-29-18-11-16(22(26)27)15(10-17(18)28-4)19(23)20(3)12(2)13-7-6-8-14(9-13)21(24)25/h6-12H,5H2,1-4H3. The second-order valence-electron chi connectivity index (χ2n) is 6.15. The quantitative estimate of drug-likeness (QED) is 0.485. The van der Waals surface area contributed by atoms with Crippen molar-refractivity contribution in [1.82, 2.24) is 4.90 Å². The number of hydrogen-bond acceptors (Lipinski definition) is 7. The summed E-state index contributed by atoms with van der Waals surface area (Å²) in [6.07, 6.45) is 0. The number of non-ortho nitro benzene ring substituents is 1. The summed E-state index contributed by atoms with van der Waals surface area (Å²) in [6.45, 7) is 3.66. The highest BCUT2D eigenvalue weighted by molar-refractivity contribution is 5.99. The Hall–Kier alpha value is -3.69. The number of nitro groups is 2. The molecule has 0 spiro atoms. The van der Waals surface area contributed by atoms with Crippen molar-refractivity contribution >= 4 is 17.3 Å². The molecule has 0 aromatic heterocycles. The minimum Gasteiger partial charge on any atom is -0.493 e. The molecule has 0 aliphatic rings. The van der Waals surface area contributed by atoms with Crippen molar-refractivity contribution in [2.45, 2.75) is 19.9 Å². The largest absolute Gasteiger partial charge is 0.493 e. The summed E-state index contributed by atoms with van der Waals surface area (Å²) in [5, 5.41) is 22.5. The molecule has 10 nitrogen and oxygen atoms in total. The normalized spacial score (nSPS) is 11.4. The number of rotatable bonds is 8. The highest BCUT2D eigenvalue weighted by Crippen LogP contribution is 2.36. The van der Waals surface area contributed by atoms with E-state index in [2.05, 4.69) is 0 Å². The van der Waals surface area contributed by atoms with Gasteiger partial charge in [-0.1, -0.05) is 12.1 Å². The Bertz CT molecular complexity index is 945. The van der Waals surface area contributed by atoms with Crippen molar-refractivity contribution in [3.8, 4) is 11.5 Å². The van der Waals surface area contributed by atoms with Gasteiger partial charge in [0.05, 0.1) is 35.7 Å². The molecule has 0 saturated carbocycles. The maximum absolute atomic E-state index is 13.0. The van der Waals surface area contributed by atoms with E-state index in [9.17, 15) is 25.0 Å². The maximum Gasteiger partial charge on any atom is 0.286 e. The molecule has 1 atom stereocenters. The Morgan fingerprint density at radius 2 is 1.83 bits per heavy atom. The Kier molecular flexibility index (Phi) is 6.71. The molecule has 0 radical (unpaired) electrons. The first-order chi connectivity index (χ1) is 13.7. The lowest BCUT2D eigenvalue weighted by atomic mass is 10.0. The number of carbonyl (C=O) groups excluding carboxylic acids is 1. The number of methoxy groups -OCH3 is 1. The van der Waals surface area contributed by atoms with E-state index in [-0.39, 0.29) is 29.4 Å². The minimum absolute atomic E-state index is 0.107. The van der Waals surface area contributed by atoms with E-state index in [1.54, 1.807) is 19.9 Å². The van der Waals surface area contributed by atoms with Gasteiger partial charge in [-0.2, -0.15) is 0 Å². The highest BCUT2D eigenvalue weighted by Gasteiger charge is 2.29. The second kappa shape index (κ2) is 9.00. The summed E-state index contributed by atoms with van der Waals surface area (Å²) in [5.41, 5.74) is -0.174. The van der Waals surface area contributed by atoms with Gasteiger partial charge >= 0.3 is 0 Å². The maximum atomic E-state index is 13.0. The average Bonchev–Trinajstić information content (AvgIpc) is 2.71. The van der Waals surface area contributed by atoms with Gasteiger partial charge in [0.25, 0.3) is 17.3 Å². The third kappa shape index (κ3) is 4.60. The monoisotopic (exact) mass is 403 g/mol. The first kappa shape index (κ1) is 21.6. The molecule has 0 N–H and O–H groups in total. The molecular weight excluding hydrogens is 382 g/mol. The lowest BCUT2D eigenvalue weighted by Gasteiger charge is -2.25. The molecule has 0 aliphatic carbocycles. The zero-order valence-electron chi connectivity index (χ0n) is 16.4. The summed E-state index contributed by atoms with van der Waals surface area (Å²) in [6, 6.07) is 7.73. The van der Waals surface area contributed by atoms with Crippen LogP contribution in [-0.2, 0) is 0 Å². The summed E-state index contributed by atoms with van der Waals surface area (Å²) >= 11 is 0. The van der Waals surface area contributed by atoms with Gasteiger partial charge in [0.15, 0.2) is 11.5 Å². The molecule has 0 fully saturated rings. The lowest BCUT2D eigenvalue weighted by molar-refractivity contribution is -0.385. The van der Waals surface area contributed by atoms with Crippen LogP contribution < -0.4 is 9.47 Å². The van der Waals surface area contributed by atoms with E-state index < -0.39 is 27.5 Å². The molecule has 2 aromatic rings. The summed E-state index contributed by atoms with van der Waals surface area (Å²) < 4.78 is 10.5. The third-order valence-electron chi connectivity index (χ3n) is 4.47. The predicted octanol–water partition coefficient (Wildman–Crippen LogP) is 3.74. The molecular formula is C19H21N3O7. The molecule has 0 aliphatic heterocycles. The fourth-order valence-electron chi connectivity index (χ4n) is 2.79. The van der Waals surface area contributed by atoms with Crippen LogP contribution >= 0.6 is 0 Å². The van der Waals surface area contributed by atoms with E-state index in [0.717, 1.165) is 6.07 Å². The third-order valence-corrected chi connectivity index (χ3v) is 4.47. The summed E-state index contributed by atoms with van der Waals surface area (Å²) in [7, 11) is 2.84. The number of amides is 1. The van der Waals surface area contributed by atoms with Crippen LogP contribution in [0, 0.1) is 20.2 Å². The van der Waals surface area contributed by atoms with Crippen LogP contribution in [0.5, 0.6) is 11.5 Å². The number of ether oxygens (including phenoxy) is 2. The number of nitrogens with zero attached hydrogens (tertiary/aromatic N) is 3. The molecule has 2 rings (SSSR count). The molecule has 0 heterocycles. The van der Waals surface area contributed by atoms with Crippen molar-refractivity contribution in [1.29, 1.82) is 0 Å². The van der Waals surface area contributed by atoms with E-state index >= 15 is 0 Å². The Labute approximate surface area is 166 Å². The van der Waals surface area contributed by atoms with Gasteiger partial charge in [0.2, 0.25) is 0 Å². The van der Waals surface area contributed by atoms with Crippen LogP contribution in [0.1, 0.15) is 35.8 Å². The van der Waals surface area contributed by atoms with Crippen LogP contribution in [0.2, 0.25) is 0 Å². The Balaban J connectivity index is 2.45. The molecule has 1 unspecified atom stereocenters. The van der Waals surface area contributed by atoms with Gasteiger partial charge in [-0.05, 0) is 19.4 Å². The Morgan fingerprint density at radius 3 is 2.38 bits per heavy atom. The number of carbonyl (C=O) groups is 1.